The Hall–Kier alpha value is -0.410. The Morgan fingerprint density at radius 1 is 1.29 bits per heavy atom. The summed E-state index contributed by atoms with van der Waals surface area (Å²) >= 11 is 0. The topological polar surface area (TPSA) is 29.5 Å². The van der Waals surface area contributed by atoms with Gasteiger partial charge in [0.05, 0.1) is 6.61 Å². The van der Waals surface area contributed by atoms with E-state index in [1.807, 2.05) is 0 Å². The maximum absolute atomic E-state index is 11.5. The van der Waals surface area contributed by atoms with E-state index in [2.05, 4.69) is 11.9 Å². The van der Waals surface area contributed by atoms with Crippen LogP contribution in [0.5, 0.6) is 0 Å². The number of nitrogens with zero attached hydrogens (tertiary/aromatic N) is 1. The van der Waals surface area contributed by atoms with E-state index < -0.39 is 0 Å². The van der Waals surface area contributed by atoms with E-state index in [-0.39, 0.29) is 5.41 Å². The van der Waals surface area contributed by atoms with Gasteiger partial charge in [-0.05, 0) is 26.3 Å². The highest BCUT2D eigenvalue weighted by molar-refractivity contribution is 5.59. The molecule has 1 unspecified atom stereocenters. The lowest BCUT2D eigenvalue weighted by molar-refractivity contribution is -0.118. The van der Waals surface area contributed by atoms with E-state index in [4.69, 9.17) is 4.74 Å². The van der Waals surface area contributed by atoms with Crippen LogP contribution >= 0.6 is 0 Å². The fourth-order valence-corrected chi connectivity index (χ4v) is 3.24. The van der Waals surface area contributed by atoms with Crippen LogP contribution in [0.3, 0.4) is 0 Å². The summed E-state index contributed by atoms with van der Waals surface area (Å²) in [5.41, 5.74) is -0.0756. The van der Waals surface area contributed by atoms with Crippen molar-refractivity contribution in [3.63, 3.8) is 0 Å². The first-order chi connectivity index (χ1) is 8.26. The van der Waals surface area contributed by atoms with Crippen molar-refractivity contribution in [2.45, 2.75) is 51.0 Å². The van der Waals surface area contributed by atoms with Crippen molar-refractivity contribution >= 4 is 6.29 Å². The molecule has 17 heavy (non-hydrogen) atoms. The molecule has 0 aromatic rings. The molecule has 2 aliphatic rings. The lowest BCUT2D eigenvalue weighted by Gasteiger charge is -2.34. The van der Waals surface area contributed by atoms with Gasteiger partial charge < -0.3 is 14.4 Å². The SMILES string of the molecule is CN(CC1(C=O)CCCCCC1)C1CCOC1. The van der Waals surface area contributed by atoms with Gasteiger partial charge in [0.1, 0.15) is 6.29 Å². The fourth-order valence-electron chi connectivity index (χ4n) is 3.24. The molecule has 0 amide bonds. The summed E-state index contributed by atoms with van der Waals surface area (Å²) in [6.07, 6.45) is 9.54. The summed E-state index contributed by atoms with van der Waals surface area (Å²) in [4.78, 5) is 13.9. The average Bonchev–Trinajstić information content (AvgIpc) is 2.78. The minimum Gasteiger partial charge on any atom is -0.380 e. The second-order valence-electron chi connectivity index (χ2n) is 5.83. The van der Waals surface area contributed by atoms with E-state index in [1.165, 1.54) is 32.0 Å². The van der Waals surface area contributed by atoms with Gasteiger partial charge in [0, 0.05) is 24.6 Å². The van der Waals surface area contributed by atoms with Gasteiger partial charge in [-0.1, -0.05) is 25.7 Å². The monoisotopic (exact) mass is 239 g/mol. The number of likely N-dealkylation sites (N-methyl/N-ethyl adjacent to an activating group) is 1. The zero-order chi connectivity index (χ0) is 12.1. The van der Waals surface area contributed by atoms with Crippen LogP contribution in [0.2, 0.25) is 0 Å². The van der Waals surface area contributed by atoms with E-state index in [0.29, 0.717) is 6.04 Å². The maximum atomic E-state index is 11.5. The molecule has 1 saturated carbocycles. The molecule has 98 valence electrons. The summed E-state index contributed by atoms with van der Waals surface area (Å²) in [6, 6.07) is 0.523. The number of aldehydes is 1. The average molecular weight is 239 g/mol. The van der Waals surface area contributed by atoms with E-state index >= 15 is 0 Å². The van der Waals surface area contributed by atoms with Crippen molar-refractivity contribution < 1.29 is 9.53 Å². The van der Waals surface area contributed by atoms with Gasteiger partial charge in [-0.25, -0.2) is 0 Å². The van der Waals surface area contributed by atoms with Crippen LogP contribution in [0, 0.1) is 5.41 Å². The number of hydrogen-bond donors (Lipinski definition) is 0. The summed E-state index contributed by atoms with van der Waals surface area (Å²) in [5.74, 6) is 0. The third-order valence-electron chi connectivity index (χ3n) is 4.44. The molecule has 0 aromatic heterocycles. The first-order valence-corrected chi connectivity index (χ1v) is 7.00. The van der Waals surface area contributed by atoms with Crippen molar-refractivity contribution in [2.24, 2.45) is 5.41 Å². The Kier molecular flexibility index (Phi) is 4.57. The van der Waals surface area contributed by atoms with Gasteiger partial charge in [0.15, 0.2) is 0 Å². The van der Waals surface area contributed by atoms with Crippen LogP contribution in [0.4, 0.5) is 0 Å². The molecule has 3 heteroatoms. The minimum atomic E-state index is -0.0756. The fraction of sp³-hybridized carbons (Fsp3) is 0.929. The maximum Gasteiger partial charge on any atom is 0.127 e. The van der Waals surface area contributed by atoms with Crippen molar-refractivity contribution in [3.05, 3.63) is 0 Å². The Morgan fingerprint density at radius 2 is 2.00 bits per heavy atom. The van der Waals surface area contributed by atoms with Crippen molar-refractivity contribution in [1.82, 2.24) is 4.90 Å². The van der Waals surface area contributed by atoms with Crippen LogP contribution in [-0.2, 0) is 9.53 Å². The molecule has 0 spiro atoms. The van der Waals surface area contributed by atoms with Crippen LogP contribution in [0.25, 0.3) is 0 Å². The smallest absolute Gasteiger partial charge is 0.127 e. The Balaban J connectivity index is 1.94. The van der Waals surface area contributed by atoms with Crippen molar-refractivity contribution in [2.75, 3.05) is 26.8 Å². The van der Waals surface area contributed by atoms with Gasteiger partial charge >= 0.3 is 0 Å². The number of carbonyl (C=O) groups is 1. The zero-order valence-electron chi connectivity index (χ0n) is 11.0. The molecule has 1 aliphatic heterocycles. The van der Waals surface area contributed by atoms with Crippen LogP contribution in [-0.4, -0.2) is 44.0 Å². The van der Waals surface area contributed by atoms with Gasteiger partial charge in [-0.3, -0.25) is 0 Å². The van der Waals surface area contributed by atoms with E-state index in [0.717, 1.165) is 39.0 Å². The summed E-state index contributed by atoms with van der Waals surface area (Å²) in [7, 11) is 2.15. The second-order valence-corrected chi connectivity index (χ2v) is 5.83. The van der Waals surface area contributed by atoms with Crippen molar-refractivity contribution in [1.29, 1.82) is 0 Å². The van der Waals surface area contributed by atoms with Gasteiger partial charge in [0.25, 0.3) is 0 Å². The van der Waals surface area contributed by atoms with Crippen LogP contribution in [0.15, 0.2) is 0 Å². The summed E-state index contributed by atoms with van der Waals surface area (Å²) in [5, 5.41) is 0. The molecule has 0 aromatic carbocycles. The van der Waals surface area contributed by atoms with Crippen molar-refractivity contribution in [3.8, 4) is 0 Å². The largest absolute Gasteiger partial charge is 0.380 e. The summed E-state index contributed by atoms with van der Waals surface area (Å²) < 4.78 is 5.43. The third-order valence-corrected chi connectivity index (χ3v) is 4.44. The Morgan fingerprint density at radius 3 is 2.53 bits per heavy atom. The number of carbonyl (C=O) groups excluding carboxylic acids is 1. The molecule has 2 fully saturated rings. The van der Waals surface area contributed by atoms with E-state index in [9.17, 15) is 4.79 Å². The number of hydrogen-bond acceptors (Lipinski definition) is 3. The lowest BCUT2D eigenvalue weighted by atomic mass is 9.81. The molecule has 2 rings (SSSR count). The van der Waals surface area contributed by atoms with E-state index in [1.54, 1.807) is 0 Å². The highest BCUT2D eigenvalue weighted by Crippen LogP contribution is 2.34. The molecule has 0 N–H and O–H groups in total. The summed E-state index contributed by atoms with van der Waals surface area (Å²) in [6.45, 7) is 2.64. The molecular formula is C14H25NO2. The van der Waals surface area contributed by atoms with Crippen LogP contribution in [0.1, 0.15) is 44.9 Å². The molecule has 1 atom stereocenters. The molecule has 0 radical (unpaired) electrons. The van der Waals surface area contributed by atoms with Gasteiger partial charge in [-0.2, -0.15) is 0 Å². The van der Waals surface area contributed by atoms with Gasteiger partial charge in [0.2, 0.25) is 0 Å². The predicted molar refractivity (Wildman–Crippen MR) is 68.1 cm³/mol. The minimum absolute atomic E-state index is 0.0756. The highest BCUT2D eigenvalue weighted by atomic mass is 16.5. The molecule has 3 nitrogen and oxygen atoms in total. The normalized spacial score (nSPS) is 29.2. The Bertz CT molecular complexity index is 241. The lowest BCUT2D eigenvalue weighted by Crippen LogP contribution is -2.42. The van der Waals surface area contributed by atoms with Crippen LogP contribution < -0.4 is 0 Å². The molecule has 1 heterocycles. The molecular weight excluding hydrogens is 214 g/mol. The predicted octanol–water partition coefficient (Wildman–Crippen LogP) is 2.25. The Labute approximate surface area is 105 Å². The van der Waals surface area contributed by atoms with Gasteiger partial charge in [-0.15, -0.1) is 0 Å². The third kappa shape index (κ3) is 3.29. The second kappa shape index (κ2) is 5.96. The number of rotatable bonds is 4. The molecule has 1 aliphatic carbocycles. The zero-order valence-corrected chi connectivity index (χ0v) is 11.0. The highest BCUT2D eigenvalue weighted by Gasteiger charge is 2.34. The first kappa shape index (κ1) is 13.0. The quantitative estimate of drug-likeness (QED) is 0.556. The molecule has 1 saturated heterocycles. The standard InChI is InChI=1S/C14H25NO2/c1-15(13-6-9-17-10-13)11-14(12-16)7-4-2-3-5-8-14/h12-13H,2-11H2,1H3. The molecule has 0 bridgehead atoms. The first-order valence-electron chi connectivity index (χ1n) is 7.00. The number of ether oxygens (including phenoxy) is 1.